The number of amides is 1. The Morgan fingerprint density at radius 2 is 2.00 bits per heavy atom. The number of aromatic carboxylic acids is 1. The molecule has 3 rings (SSSR count). The molecule has 0 fully saturated rings. The number of para-hydroxylation sites is 1. The molecule has 0 radical (unpaired) electrons. The fourth-order valence-corrected chi connectivity index (χ4v) is 2.35. The topological polar surface area (TPSA) is 92.4 Å². The molecule has 116 valence electrons. The van der Waals surface area contributed by atoms with E-state index in [9.17, 15) is 9.59 Å². The van der Waals surface area contributed by atoms with Crippen molar-refractivity contribution in [2.75, 3.05) is 5.32 Å². The summed E-state index contributed by atoms with van der Waals surface area (Å²) in [5.74, 6) is -1.45. The Labute approximate surface area is 131 Å². The second-order valence-electron chi connectivity index (χ2n) is 5.20. The fourth-order valence-electron chi connectivity index (χ4n) is 2.35. The van der Waals surface area contributed by atoms with Crippen molar-refractivity contribution in [3.8, 4) is 0 Å². The Morgan fingerprint density at radius 1 is 1.22 bits per heavy atom. The van der Waals surface area contributed by atoms with Crippen LogP contribution in [0.5, 0.6) is 0 Å². The van der Waals surface area contributed by atoms with E-state index in [2.05, 4.69) is 10.5 Å². The van der Waals surface area contributed by atoms with E-state index in [0.717, 1.165) is 10.9 Å². The number of benzene rings is 2. The molecule has 0 unspecified atom stereocenters. The van der Waals surface area contributed by atoms with Crippen LogP contribution in [0, 0.1) is 6.92 Å². The third kappa shape index (κ3) is 3.06. The first-order chi connectivity index (χ1) is 11.0. The first kappa shape index (κ1) is 14.8. The predicted octanol–water partition coefficient (Wildman–Crippen LogP) is 3.02. The van der Waals surface area contributed by atoms with Gasteiger partial charge in [-0.1, -0.05) is 28.9 Å². The number of anilines is 1. The van der Waals surface area contributed by atoms with Crippen LogP contribution in [0.4, 0.5) is 5.69 Å². The van der Waals surface area contributed by atoms with Crippen LogP contribution in [-0.4, -0.2) is 22.1 Å². The molecule has 0 saturated heterocycles. The van der Waals surface area contributed by atoms with Crippen molar-refractivity contribution in [3.63, 3.8) is 0 Å². The van der Waals surface area contributed by atoms with Crippen molar-refractivity contribution < 1.29 is 19.2 Å². The molecule has 6 heteroatoms. The maximum absolute atomic E-state index is 12.2. The summed E-state index contributed by atoms with van der Waals surface area (Å²) in [6.45, 7) is 1.94. The molecule has 6 nitrogen and oxygen atoms in total. The number of hydrogen-bond donors (Lipinski definition) is 2. The normalized spacial score (nSPS) is 10.7. The molecule has 2 N–H and O–H groups in total. The average molecular weight is 310 g/mol. The van der Waals surface area contributed by atoms with Gasteiger partial charge in [-0.05, 0) is 31.2 Å². The smallest absolute Gasteiger partial charge is 0.337 e. The maximum Gasteiger partial charge on any atom is 0.337 e. The van der Waals surface area contributed by atoms with E-state index in [1.165, 1.54) is 6.07 Å². The largest absolute Gasteiger partial charge is 0.478 e. The zero-order valence-electron chi connectivity index (χ0n) is 12.4. The van der Waals surface area contributed by atoms with Gasteiger partial charge in [0.25, 0.3) is 0 Å². The van der Waals surface area contributed by atoms with Gasteiger partial charge in [0.2, 0.25) is 5.91 Å². The van der Waals surface area contributed by atoms with Gasteiger partial charge in [-0.15, -0.1) is 0 Å². The molecule has 0 aliphatic heterocycles. The van der Waals surface area contributed by atoms with Crippen LogP contribution in [0.1, 0.15) is 21.6 Å². The molecule has 0 aliphatic rings. The minimum atomic E-state index is -1.09. The summed E-state index contributed by atoms with van der Waals surface area (Å²) in [6.07, 6.45) is 0.00437. The van der Waals surface area contributed by atoms with E-state index in [1.54, 1.807) is 24.3 Å². The summed E-state index contributed by atoms with van der Waals surface area (Å²) >= 11 is 0. The number of carbonyl (C=O) groups is 2. The van der Waals surface area contributed by atoms with Gasteiger partial charge in [0.05, 0.1) is 17.7 Å². The van der Waals surface area contributed by atoms with E-state index >= 15 is 0 Å². The van der Waals surface area contributed by atoms with Crippen molar-refractivity contribution in [1.29, 1.82) is 0 Å². The van der Waals surface area contributed by atoms with Crippen LogP contribution in [0.25, 0.3) is 11.0 Å². The summed E-state index contributed by atoms with van der Waals surface area (Å²) in [5.41, 5.74) is 2.48. The Hall–Kier alpha value is -3.15. The van der Waals surface area contributed by atoms with Gasteiger partial charge >= 0.3 is 5.97 Å². The van der Waals surface area contributed by atoms with E-state index in [-0.39, 0.29) is 23.6 Å². The molecule has 23 heavy (non-hydrogen) atoms. The highest BCUT2D eigenvalue weighted by Crippen LogP contribution is 2.21. The van der Waals surface area contributed by atoms with Gasteiger partial charge in [0, 0.05) is 5.39 Å². The first-order valence-corrected chi connectivity index (χ1v) is 7.01. The Kier molecular flexibility index (Phi) is 3.80. The third-order valence-corrected chi connectivity index (χ3v) is 3.46. The van der Waals surface area contributed by atoms with Gasteiger partial charge < -0.3 is 14.9 Å². The average Bonchev–Trinajstić information content (AvgIpc) is 2.90. The molecule has 1 amide bonds. The quantitative estimate of drug-likeness (QED) is 0.772. The van der Waals surface area contributed by atoms with Crippen LogP contribution in [0.15, 0.2) is 47.0 Å². The van der Waals surface area contributed by atoms with Crippen LogP contribution in [0.2, 0.25) is 0 Å². The van der Waals surface area contributed by atoms with Gasteiger partial charge in [-0.2, -0.15) is 0 Å². The van der Waals surface area contributed by atoms with E-state index in [4.69, 9.17) is 9.63 Å². The number of fused-ring (bicyclic) bond motifs is 1. The predicted molar refractivity (Wildman–Crippen MR) is 84.5 cm³/mol. The number of nitrogens with zero attached hydrogens (tertiary/aromatic N) is 1. The Bertz CT molecular complexity index is 898. The van der Waals surface area contributed by atoms with Crippen LogP contribution in [-0.2, 0) is 11.2 Å². The van der Waals surface area contributed by atoms with E-state index < -0.39 is 5.97 Å². The Morgan fingerprint density at radius 3 is 2.78 bits per heavy atom. The van der Waals surface area contributed by atoms with Crippen LogP contribution in [0.3, 0.4) is 0 Å². The summed E-state index contributed by atoms with van der Waals surface area (Å²) < 4.78 is 5.19. The minimum Gasteiger partial charge on any atom is -0.478 e. The number of hydrogen-bond acceptors (Lipinski definition) is 4. The van der Waals surface area contributed by atoms with Gasteiger partial charge in [-0.3, -0.25) is 4.79 Å². The molecule has 2 aromatic carbocycles. The number of aryl methyl sites for hydroxylation is 1. The summed E-state index contributed by atoms with van der Waals surface area (Å²) in [4.78, 5) is 23.4. The van der Waals surface area contributed by atoms with Crippen molar-refractivity contribution in [3.05, 3.63) is 59.3 Å². The highest BCUT2D eigenvalue weighted by Gasteiger charge is 2.15. The molecular formula is C17H14N2O4. The first-order valence-electron chi connectivity index (χ1n) is 7.01. The zero-order valence-corrected chi connectivity index (χ0v) is 12.4. The minimum absolute atomic E-state index is 0.00437. The summed E-state index contributed by atoms with van der Waals surface area (Å²) in [7, 11) is 0. The van der Waals surface area contributed by atoms with E-state index in [0.29, 0.717) is 11.3 Å². The molecule has 1 aromatic heterocycles. The molecule has 0 atom stereocenters. The molecule has 3 aromatic rings. The number of aromatic nitrogens is 1. The van der Waals surface area contributed by atoms with E-state index in [1.807, 2.05) is 19.1 Å². The highest BCUT2D eigenvalue weighted by molar-refractivity contribution is 6.01. The number of carboxylic acid groups (broad SMARTS) is 1. The second kappa shape index (κ2) is 5.92. The van der Waals surface area contributed by atoms with Crippen molar-refractivity contribution in [1.82, 2.24) is 5.16 Å². The lowest BCUT2D eigenvalue weighted by Crippen LogP contribution is -2.17. The molecule has 0 spiro atoms. The van der Waals surface area contributed by atoms with Gasteiger partial charge in [-0.25, -0.2) is 4.79 Å². The molecule has 0 bridgehead atoms. The molecule has 0 saturated carbocycles. The molecule has 1 heterocycles. The zero-order chi connectivity index (χ0) is 16.4. The van der Waals surface area contributed by atoms with Gasteiger partial charge in [0.15, 0.2) is 5.58 Å². The fraction of sp³-hybridized carbons (Fsp3) is 0.118. The lowest BCUT2D eigenvalue weighted by Gasteiger charge is -2.07. The third-order valence-electron chi connectivity index (χ3n) is 3.46. The second-order valence-corrected chi connectivity index (χ2v) is 5.20. The van der Waals surface area contributed by atoms with Crippen molar-refractivity contribution in [2.24, 2.45) is 0 Å². The van der Waals surface area contributed by atoms with Crippen molar-refractivity contribution >= 4 is 28.5 Å². The summed E-state index contributed by atoms with van der Waals surface area (Å²) in [5, 5.41) is 16.4. The monoisotopic (exact) mass is 310 g/mol. The standard InChI is InChI=1S/C17H14N2O4/c1-10-6-7-15-12(8-10)14(19-23-15)9-16(20)18-13-5-3-2-4-11(13)17(21)22/h2-8H,9H2,1H3,(H,18,20)(H,21,22). The van der Waals surface area contributed by atoms with Gasteiger partial charge in [0.1, 0.15) is 5.69 Å². The lowest BCUT2D eigenvalue weighted by atomic mass is 10.1. The molecule has 0 aliphatic carbocycles. The number of nitrogens with one attached hydrogen (secondary N) is 1. The SMILES string of the molecule is Cc1ccc2onc(CC(=O)Nc3ccccc3C(=O)O)c2c1. The lowest BCUT2D eigenvalue weighted by molar-refractivity contribution is -0.115. The Balaban J connectivity index is 1.82. The highest BCUT2D eigenvalue weighted by atomic mass is 16.5. The van der Waals surface area contributed by atoms with Crippen LogP contribution < -0.4 is 5.32 Å². The van der Waals surface area contributed by atoms with Crippen molar-refractivity contribution in [2.45, 2.75) is 13.3 Å². The number of carbonyl (C=O) groups excluding carboxylic acids is 1. The number of rotatable bonds is 4. The number of carboxylic acids is 1. The maximum atomic E-state index is 12.2. The summed E-state index contributed by atoms with van der Waals surface area (Å²) in [6, 6.07) is 11.9. The van der Waals surface area contributed by atoms with Crippen LogP contribution >= 0.6 is 0 Å². The molecular weight excluding hydrogens is 296 g/mol.